The zero-order chi connectivity index (χ0) is 31.4. The maximum absolute atomic E-state index is 14.9. The van der Waals surface area contributed by atoms with Gasteiger partial charge in [0.2, 0.25) is 5.91 Å². The van der Waals surface area contributed by atoms with E-state index in [0.29, 0.717) is 10.6 Å². The smallest absolute Gasteiger partial charge is 0.382 e. The highest BCUT2D eigenvalue weighted by Crippen LogP contribution is 2.39. The molecule has 9 nitrogen and oxygen atoms in total. The van der Waals surface area contributed by atoms with Crippen LogP contribution < -0.4 is 5.73 Å². The number of aromatic nitrogens is 3. The van der Waals surface area contributed by atoms with E-state index < -0.39 is 95.3 Å². The number of hydrogen-bond acceptors (Lipinski definition) is 6. The predicted molar refractivity (Wildman–Crippen MR) is 121 cm³/mol. The van der Waals surface area contributed by atoms with Crippen molar-refractivity contribution in [3.8, 4) is 11.3 Å². The molecule has 2 N–H and O–H groups in total. The van der Waals surface area contributed by atoms with Gasteiger partial charge in [0.05, 0.1) is 23.8 Å². The van der Waals surface area contributed by atoms with Crippen LogP contribution in [0.1, 0.15) is 22.3 Å². The van der Waals surface area contributed by atoms with E-state index in [-0.39, 0.29) is 16.2 Å². The molecule has 0 unspecified atom stereocenters. The lowest BCUT2D eigenvalue weighted by molar-refractivity contribution is -0.185. The van der Waals surface area contributed by atoms with Gasteiger partial charge in [-0.2, -0.15) is 44.6 Å². The number of carbonyl (C=O) groups excluding carboxylic acids is 3. The molecule has 0 aliphatic carbocycles. The summed E-state index contributed by atoms with van der Waals surface area (Å²) in [6.07, 6.45) is -19.5. The molecule has 19 heteroatoms. The van der Waals surface area contributed by atoms with Gasteiger partial charge in [-0.15, -0.1) is 0 Å². The average Bonchev–Trinajstić information content (AvgIpc) is 3.45. The van der Waals surface area contributed by atoms with Crippen molar-refractivity contribution < 1.29 is 58.3 Å². The molecule has 3 heterocycles. The second-order valence-electron chi connectivity index (χ2n) is 9.08. The number of nitrogens with two attached hydrogens (primary N) is 1. The normalized spacial score (nSPS) is 18.0. The van der Waals surface area contributed by atoms with E-state index in [2.05, 4.69) is 10.1 Å². The summed E-state index contributed by atoms with van der Waals surface area (Å²) in [5.41, 5.74) is 2.33. The SMILES string of the molecule is Nc1ncnn2c(-c3cccc(C(=O)N(C(=O)C(F)(F)F)[C@@H]4CN(C(=O)CC(F)(F)F)C[C@@H]4F)c3)cc(C(F)(F)F)c12. The number of imide groups is 1. The molecule has 0 spiro atoms. The second-order valence-corrected chi connectivity index (χ2v) is 9.08. The molecule has 3 aromatic rings. The molecular weight excluding hydrogens is 598 g/mol. The molecule has 2 atom stereocenters. The number of nitrogens with zero attached hydrogens (tertiary/aromatic N) is 5. The third kappa shape index (κ3) is 5.94. The van der Waals surface area contributed by atoms with Crippen LogP contribution in [0.2, 0.25) is 0 Å². The monoisotopic (exact) mass is 614 g/mol. The van der Waals surface area contributed by atoms with Crippen molar-refractivity contribution in [2.75, 3.05) is 18.8 Å². The number of anilines is 1. The van der Waals surface area contributed by atoms with Crippen LogP contribution in [0.5, 0.6) is 0 Å². The summed E-state index contributed by atoms with van der Waals surface area (Å²) in [7, 11) is 0. The van der Waals surface area contributed by atoms with Crippen molar-refractivity contribution in [3.05, 3.63) is 47.8 Å². The fourth-order valence-corrected chi connectivity index (χ4v) is 4.45. The number of fused-ring (bicyclic) bond motifs is 1. The summed E-state index contributed by atoms with van der Waals surface area (Å²) >= 11 is 0. The summed E-state index contributed by atoms with van der Waals surface area (Å²) in [5.74, 6) is -6.91. The van der Waals surface area contributed by atoms with Crippen LogP contribution in [0.25, 0.3) is 16.8 Å². The first-order chi connectivity index (χ1) is 19.3. The Labute approximate surface area is 227 Å². The number of benzene rings is 1. The lowest BCUT2D eigenvalue weighted by Crippen LogP contribution is -2.54. The molecule has 1 aliphatic rings. The van der Waals surface area contributed by atoms with Crippen molar-refractivity contribution in [2.45, 2.75) is 37.2 Å². The largest absolute Gasteiger partial charge is 0.471 e. The van der Waals surface area contributed by atoms with Crippen LogP contribution in [-0.2, 0) is 15.8 Å². The van der Waals surface area contributed by atoms with Gasteiger partial charge >= 0.3 is 24.4 Å². The summed E-state index contributed by atoms with van der Waals surface area (Å²) in [6.45, 7) is -2.30. The Morgan fingerprint density at radius 2 is 1.67 bits per heavy atom. The van der Waals surface area contributed by atoms with Gasteiger partial charge in [0.1, 0.15) is 24.4 Å². The highest BCUT2D eigenvalue weighted by atomic mass is 19.4. The van der Waals surface area contributed by atoms with E-state index in [0.717, 1.165) is 30.6 Å². The zero-order valence-electron chi connectivity index (χ0n) is 20.6. The van der Waals surface area contributed by atoms with Crippen molar-refractivity contribution >= 4 is 29.1 Å². The molecule has 226 valence electrons. The van der Waals surface area contributed by atoms with Gasteiger partial charge in [-0.3, -0.25) is 19.3 Å². The minimum atomic E-state index is -5.76. The van der Waals surface area contributed by atoms with Gasteiger partial charge < -0.3 is 10.6 Å². The molecule has 1 saturated heterocycles. The molecular formula is C23H16F10N6O3. The van der Waals surface area contributed by atoms with Crippen LogP contribution in [0.3, 0.4) is 0 Å². The van der Waals surface area contributed by atoms with Gasteiger partial charge in [0, 0.05) is 17.7 Å². The Balaban J connectivity index is 1.75. The highest BCUT2D eigenvalue weighted by molar-refractivity contribution is 6.07. The van der Waals surface area contributed by atoms with Gasteiger partial charge in [0.25, 0.3) is 5.91 Å². The summed E-state index contributed by atoms with van der Waals surface area (Å²) in [6, 6.07) is 2.12. The molecule has 1 aliphatic heterocycles. The molecule has 4 rings (SSSR count). The van der Waals surface area contributed by atoms with E-state index in [9.17, 15) is 58.3 Å². The highest BCUT2D eigenvalue weighted by Gasteiger charge is 2.52. The molecule has 42 heavy (non-hydrogen) atoms. The van der Waals surface area contributed by atoms with Gasteiger partial charge in [-0.1, -0.05) is 12.1 Å². The van der Waals surface area contributed by atoms with Crippen LogP contribution >= 0.6 is 0 Å². The molecule has 0 saturated carbocycles. The third-order valence-corrected chi connectivity index (χ3v) is 6.23. The van der Waals surface area contributed by atoms with Crippen molar-refractivity contribution in [1.82, 2.24) is 24.4 Å². The minimum Gasteiger partial charge on any atom is -0.382 e. The molecule has 0 radical (unpaired) electrons. The number of amides is 3. The average molecular weight is 614 g/mol. The van der Waals surface area contributed by atoms with E-state index in [1.54, 1.807) is 0 Å². The number of rotatable bonds is 4. The maximum atomic E-state index is 14.9. The Hall–Kier alpha value is -4.45. The van der Waals surface area contributed by atoms with Gasteiger partial charge in [-0.25, -0.2) is 13.9 Å². The number of likely N-dealkylation sites (tertiary alicyclic amines) is 1. The number of hydrogen-bond donors (Lipinski definition) is 1. The number of carbonyl (C=O) groups is 3. The summed E-state index contributed by atoms with van der Waals surface area (Å²) < 4.78 is 135. The maximum Gasteiger partial charge on any atom is 0.471 e. The van der Waals surface area contributed by atoms with E-state index >= 15 is 0 Å². The number of halogens is 10. The third-order valence-electron chi connectivity index (χ3n) is 6.23. The first kappa shape index (κ1) is 30.5. The van der Waals surface area contributed by atoms with E-state index in [1.165, 1.54) is 0 Å². The van der Waals surface area contributed by atoms with Gasteiger partial charge in [-0.05, 0) is 18.2 Å². The van der Waals surface area contributed by atoms with Crippen LogP contribution in [0.15, 0.2) is 36.7 Å². The van der Waals surface area contributed by atoms with Crippen molar-refractivity contribution in [1.29, 1.82) is 0 Å². The summed E-state index contributed by atoms with van der Waals surface area (Å²) in [5, 5.41) is 3.71. The zero-order valence-corrected chi connectivity index (χ0v) is 20.6. The van der Waals surface area contributed by atoms with Crippen LogP contribution in [0, 0.1) is 0 Å². The van der Waals surface area contributed by atoms with Crippen LogP contribution in [-0.4, -0.2) is 79.8 Å². The Morgan fingerprint density at radius 1 is 1.00 bits per heavy atom. The first-order valence-electron chi connectivity index (χ1n) is 11.5. The predicted octanol–water partition coefficient (Wildman–Crippen LogP) is 4.03. The van der Waals surface area contributed by atoms with Crippen molar-refractivity contribution in [3.63, 3.8) is 0 Å². The number of alkyl halides is 10. The minimum absolute atomic E-state index is 0.228. The fourth-order valence-electron chi connectivity index (χ4n) is 4.45. The molecule has 1 aromatic carbocycles. The topological polar surface area (TPSA) is 114 Å². The molecule has 0 bridgehead atoms. The first-order valence-corrected chi connectivity index (χ1v) is 11.5. The van der Waals surface area contributed by atoms with E-state index in [4.69, 9.17) is 5.73 Å². The Kier molecular flexibility index (Phi) is 7.58. The lowest BCUT2D eigenvalue weighted by atomic mass is 10.0. The van der Waals surface area contributed by atoms with Crippen molar-refractivity contribution in [2.24, 2.45) is 0 Å². The molecule has 1 fully saturated rings. The molecule has 2 aromatic heterocycles. The standard InChI is InChI=1S/C23H16F10N6O3/c24-13-7-37(16(40)6-21(25,26)27)8-15(13)38(20(42)23(31,32)33)19(41)11-3-1-2-10(4-11)14-5-12(22(28,29)30)17-18(34)35-9-36-39(14)17/h1-5,9,13,15H,6-8H2,(H2,34,35,36)/t13-,15+/m0/s1. The number of nitrogen functional groups attached to an aromatic ring is 1. The summed E-state index contributed by atoms with van der Waals surface area (Å²) in [4.78, 5) is 40.6. The second kappa shape index (κ2) is 10.4. The fraction of sp³-hybridized carbons (Fsp3) is 0.348. The Morgan fingerprint density at radius 3 is 2.26 bits per heavy atom. The quantitative estimate of drug-likeness (QED) is 0.445. The van der Waals surface area contributed by atoms with Crippen LogP contribution in [0.4, 0.5) is 49.7 Å². The Bertz CT molecular complexity index is 1550. The van der Waals surface area contributed by atoms with Gasteiger partial charge in [0.15, 0.2) is 5.82 Å². The molecule has 3 amide bonds. The van der Waals surface area contributed by atoms with E-state index in [1.807, 2.05) is 0 Å². The lowest BCUT2D eigenvalue weighted by Gasteiger charge is -2.29.